The number of esters is 1. The maximum absolute atomic E-state index is 13.9. The molecule has 0 aliphatic carbocycles. The summed E-state index contributed by atoms with van der Waals surface area (Å²) in [6.45, 7) is 3.50. The van der Waals surface area contributed by atoms with Crippen LogP contribution in [0.25, 0.3) is 0 Å². The Hall–Kier alpha value is -3.10. The zero-order valence-electron chi connectivity index (χ0n) is 18.3. The second-order valence-corrected chi connectivity index (χ2v) is 9.39. The van der Waals surface area contributed by atoms with E-state index in [1.807, 2.05) is 0 Å². The van der Waals surface area contributed by atoms with Crippen molar-refractivity contribution in [2.45, 2.75) is 25.3 Å². The summed E-state index contributed by atoms with van der Waals surface area (Å²) >= 11 is 6.02. The molecule has 6 nitrogen and oxygen atoms in total. The van der Waals surface area contributed by atoms with Crippen molar-refractivity contribution in [3.63, 3.8) is 0 Å². The van der Waals surface area contributed by atoms with Crippen molar-refractivity contribution in [2.24, 2.45) is 0 Å². The van der Waals surface area contributed by atoms with Gasteiger partial charge >= 0.3 is 5.97 Å². The Morgan fingerprint density at radius 2 is 1.79 bits per heavy atom. The summed E-state index contributed by atoms with van der Waals surface area (Å²) in [5, 5.41) is 0.263. The van der Waals surface area contributed by atoms with Gasteiger partial charge in [-0.25, -0.2) is 17.6 Å². The van der Waals surface area contributed by atoms with E-state index in [1.165, 1.54) is 35.7 Å². The number of carbonyl (C=O) groups excluding carboxylic acids is 1. The minimum atomic E-state index is -3.95. The molecule has 3 aromatic carbocycles. The number of benzene rings is 3. The summed E-state index contributed by atoms with van der Waals surface area (Å²) < 4.78 is 52.1. The van der Waals surface area contributed by atoms with E-state index in [-0.39, 0.29) is 34.2 Å². The van der Waals surface area contributed by atoms with Gasteiger partial charge in [0.05, 0.1) is 28.3 Å². The van der Waals surface area contributed by atoms with E-state index in [0.717, 1.165) is 0 Å². The maximum atomic E-state index is 13.9. The lowest BCUT2D eigenvalue weighted by atomic mass is 10.1. The maximum Gasteiger partial charge on any atom is 0.338 e. The van der Waals surface area contributed by atoms with Crippen LogP contribution in [0, 0.1) is 12.7 Å². The average molecular weight is 492 g/mol. The molecule has 0 saturated heterocycles. The second-order valence-electron chi connectivity index (χ2n) is 7.12. The molecule has 0 atom stereocenters. The predicted molar refractivity (Wildman–Crippen MR) is 125 cm³/mol. The molecule has 0 amide bonds. The molecular weight excluding hydrogens is 469 g/mol. The van der Waals surface area contributed by atoms with Crippen LogP contribution < -0.4 is 9.04 Å². The molecule has 0 radical (unpaired) electrons. The fourth-order valence-corrected chi connectivity index (χ4v) is 4.96. The zero-order chi connectivity index (χ0) is 24.2. The number of hydrogen-bond donors (Lipinski definition) is 0. The summed E-state index contributed by atoms with van der Waals surface area (Å²) in [6.07, 6.45) is 0. The van der Waals surface area contributed by atoms with E-state index in [4.69, 9.17) is 21.1 Å². The van der Waals surface area contributed by atoms with Crippen molar-refractivity contribution < 1.29 is 27.1 Å². The number of sulfonamides is 1. The number of hydrogen-bond acceptors (Lipinski definition) is 5. The Kier molecular flexibility index (Phi) is 7.61. The normalized spacial score (nSPS) is 11.2. The fourth-order valence-electron chi connectivity index (χ4n) is 3.24. The van der Waals surface area contributed by atoms with Gasteiger partial charge in [-0.15, -0.1) is 0 Å². The van der Waals surface area contributed by atoms with Crippen LogP contribution >= 0.6 is 11.6 Å². The van der Waals surface area contributed by atoms with Gasteiger partial charge in [-0.2, -0.15) is 0 Å². The summed E-state index contributed by atoms with van der Waals surface area (Å²) in [4.78, 5) is 12.0. The van der Waals surface area contributed by atoms with Gasteiger partial charge < -0.3 is 9.47 Å². The number of halogens is 2. The lowest BCUT2D eigenvalue weighted by Crippen LogP contribution is -2.31. The SMILES string of the molecule is CCN(c1ccc(OCc2c(F)cccc2Cl)cc1)S(=O)(=O)c1ccc(C)c(C(=O)OC)c1. The molecule has 174 valence electrons. The smallest absolute Gasteiger partial charge is 0.338 e. The molecule has 0 aliphatic rings. The summed E-state index contributed by atoms with van der Waals surface area (Å²) in [5.74, 6) is -0.648. The molecule has 0 heterocycles. The van der Waals surface area contributed by atoms with Crippen LogP contribution in [0.3, 0.4) is 0 Å². The van der Waals surface area contributed by atoms with Gasteiger partial charge in [-0.3, -0.25) is 4.31 Å². The topological polar surface area (TPSA) is 72.9 Å². The number of nitrogens with zero attached hydrogens (tertiary/aromatic N) is 1. The molecule has 0 spiro atoms. The van der Waals surface area contributed by atoms with Gasteiger partial charge in [0.15, 0.2) is 0 Å². The number of carbonyl (C=O) groups is 1. The zero-order valence-corrected chi connectivity index (χ0v) is 19.9. The molecule has 9 heteroatoms. The van der Waals surface area contributed by atoms with Crippen LogP contribution in [0.5, 0.6) is 5.75 Å². The van der Waals surface area contributed by atoms with Gasteiger partial charge in [-0.1, -0.05) is 23.7 Å². The molecule has 3 rings (SSSR count). The van der Waals surface area contributed by atoms with Gasteiger partial charge in [0, 0.05) is 12.1 Å². The highest BCUT2D eigenvalue weighted by Gasteiger charge is 2.25. The minimum Gasteiger partial charge on any atom is -0.489 e. The number of anilines is 1. The Balaban J connectivity index is 1.84. The Morgan fingerprint density at radius 1 is 1.09 bits per heavy atom. The van der Waals surface area contributed by atoms with Crippen molar-refractivity contribution in [3.05, 3.63) is 88.2 Å². The largest absolute Gasteiger partial charge is 0.489 e. The molecule has 0 aliphatic heterocycles. The first-order chi connectivity index (χ1) is 15.7. The monoisotopic (exact) mass is 491 g/mol. The van der Waals surface area contributed by atoms with Gasteiger partial charge in [-0.05, 0) is 67.9 Å². The average Bonchev–Trinajstić information content (AvgIpc) is 2.79. The van der Waals surface area contributed by atoms with Crippen LogP contribution in [0.2, 0.25) is 5.02 Å². The first kappa shape index (κ1) is 24.5. The highest BCUT2D eigenvalue weighted by atomic mass is 35.5. The highest BCUT2D eigenvalue weighted by molar-refractivity contribution is 7.92. The Morgan fingerprint density at radius 3 is 2.39 bits per heavy atom. The predicted octanol–water partition coefficient (Wildman–Crippen LogP) is 5.37. The molecular formula is C24H23ClFNO5S. The highest BCUT2D eigenvalue weighted by Crippen LogP contribution is 2.28. The fraction of sp³-hybridized carbons (Fsp3) is 0.208. The van der Waals surface area contributed by atoms with Crippen molar-refractivity contribution in [3.8, 4) is 5.75 Å². The molecule has 0 aromatic heterocycles. The molecule has 0 fully saturated rings. The van der Waals surface area contributed by atoms with Gasteiger partial charge in [0.2, 0.25) is 0 Å². The Labute approximate surface area is 197 Å². The minimum absolute atomic E-state index is 0.0233. The standard InChI is InChI=1S/C24H23ClFNO5S/c1-4-27(33(29,30)19-13-8-16(2)20(14-19)24(28)31-3)17-9-11-18(12-10-17)32-15-21-22(25)6-5-7-23(21)26/h5-14H,4,15H2,1-3H3. The van der Waals surface area contributed by atoms with Crippen LogP contribution in [0.1, 0.15) is 28.4 Å². The molecule has 0 bridgehead atoms. The van der Waals surface area contributed by atoms with E-state index in [2.05, 4.69) is 0 Å². The first-order valence-electron chi connectivity index (χ1n) is 10.1. The van der Waals surface area contributed by atoms with E-state index in [0.29, 0.717) is 17.0 Å². The van der Waals surface area contributed by atoms with E-state index >= 15 is 0 Å². The van der Waals surface area contributed by atoms with E-state index in [1.54, 1.807) is 50.2 Å². The van der Waals surface area contributed by atoms with E-state index in [9.17, 15) is 17.6 Å². The molecule has 0 N–H and O–H groups in total. The molecule has 3 aromatic rings. The third kappa shape index (κ3) is 5.29. The third-order valence-corrected chi connectivity index (χ3v) is 7.31. The van der Waals surface area contributed by atoms with Gasteiger partial charge in [0.1, 0.15) is 18.2 Å². The van der Waals surface area contributed by atoms with Crippen molar-refractivity contribution >= 4 is 33.3 Å². The Bertz CT molecular complexity index is 1240. The van der Waals surface area contributed by atoms with Crippen LogP contribution in [0.4, 0.5) is 10.1 Å². The summed E-state index contributed by atoms with van der Waals surface area (Å²) in [5.41, 5.74) is 1.45. The molecule has 33 heavy (non-hydrogen) atoms. The van der Waals surface area contributed by atoms with Crippen LogP contribution in [0.15, 0.2) is 65.6 Å². The third-order valence-electron chi connectivity index (χ3n) is 5.06. The number of aryl methyl sites for hydroxylation is 1. The van der Waals surface area contributed by atoms with E-state index < -0.39 is 21.8 Å². The van der Waals surface area contributed by atoms with Gasteiger partial charge in [0.25, 0.3) is 10.0 Å². The van der Waals surface area contributed by atoms with Crippen molar-refractivity contribution in [1.29, 1.82) is 0 Å². The van der Waals surface area contributed by atoms with Crippen molar-refractivity contribution in [2.75, 3.05) is 18.0 Å². The molecule has 0 saturated carbocycles. The summed E-state index contributed by atoms with van der Waals surface area (Å²) in [7, 11) is -2.71. The van der Waals surface area contributed by atoms with Crippen LogP contribution in [-0.4, -0.2) is 28.0 Å². The lowest BCUT2D eigenvalue weighted by molar-refractivity contribution is 0.0599. The molecule has 0 unspecified atom stereocenters. The van der Waals surface area contributed by atoms with Crippen molar-refractivity contribution in [1.82, 2.24) is 0 Å². The number of rotatable bonds is 8. The number of methoxy groups -OCH3 is 1. The summed E-state index contributed by atoms with van der Waals surface area (Å²) in [6, 6.07) is 15.1. The number of ether oxygens (including phenoxy) is 2. The lowest BCUT2D eigenvalue weighted by Gasteiger charge is -2.23. The van der Waals surface area contributed by atoms with Crippen LogP contribution in [-0.2, 0) is 21.4 Å². The quantitative estimate of drug-likeness (QED) is 0.396. The first-order valence-corrected chi connectivity index (χ1v) is 11.9. The second kappa shape index (κ2) is 10.2.